The van der Waals surface area contributed by atoms with Crippen molar-refractivity contribution in [2.75, 3.05) is 0 Å². The number of aliphatic hydroxyl groups is 1. The van der Waals surface area contributed by atoms with Gasteiger partial charge in [0.15, 0.2) is 0 Å². The molecule has 4 saturated carbocycles. The van der Waals surface area contributed by atoms with Gasteiger partial charge in [-0.25, -0.2) is 0 Å². The standard InChI is InChI=1S/C12H18O/c1-7(13)12-10-3-8-2-9(5-10)6-11(12)4-8/h8-11,13H,2-6H2,1H3. The lowest BCUT2D eigenvalue weighted by molar-refractivity contribution is 0.0641. The molecular formula is C12H18O. The molecule has 72 valence electrons. The summed E-state index contributed by atoms with van der Waals surface area (Å²) in [5, 5.41) is 9.66. The second-order valence-corrected chi connectivity index (χ2v) is 5.35. The third kappa shape index (κ3) is 1.06. The van der Waals surface area contributed by atoms with Crippen LogP contribution in [0.2, 0.25) is 0 Å². The molecule has 0 spiro atoms. The molecule has 0 amide bonds. The van der Waals surface area contributed by atoms with Crippen LogP contribution in [0.1, 0.15) is 39.0 Å². The topological polar surface area (TPSA) is 20.2 Å². The normalized spacial score (nSPS) is 47.0. The number of rotatable bonds is 0. The van der Waals surface area contributed by atoms with E-state index in [9.17, 15) is 5.11 Å². The summed E-state index contributed by atoms with van der Waals surface area (Å²) < 4.78 is 0. The zero-order chi connectivity index (χ0) is 9.00. The molecule has 0 heterocycles. The van der Waals surface area contributed by atoms with Gasteiger partial charge in [-0.15, -0.1) is 0 Å². The van der Waals surface area contributed by atoms with Crippen molar-refractivity contribution in [3.63, 3.8) is 0 Å². The summed E-state index contributed by atoms with van der Waals surface area (Å²) >= 11 is 0. The third-order valence-corrected chi connectivity index (χ3v) is 4.44. The summed E-state index contributed by atoms with van der Waals surface area (Å²) in [6.45, 7) is 1.89. The van der Waals surface area contributed by atoms with Crippen LogP contribution in [0.15, 0.2) is 11.3 Å². The van der Waals surface area contributed by atoms with Crippen molar-refractivity contribution < 1.29 is 5.11 Å². The third-order valence-electron chi connectivity index (χ3n) is 4.44. The van der Waals surface area contributed by atoms with Gasteiger partial charge in [-0.05, 0) is 68.3 Å². The van der Waals surface area contributed by atoms with Crippen LogP contribution in [0, 0.1) is 23.7 Å². The van der Waals surface area contributed by atoms with Crippen LogP contribution in [0.4, 0.5) is 0 Å². The Morgan fingerprint density at radius 1 is 1.00 bits per heavy atom. The first-order chi connectivity index (χ1) is 6.24. The Hall–Kier alpha value is -0.460. The Morgan fingerprint density at radius 2 is 1.46 bits per heavy atom. The lowest BCUT2D eigenvalue weighted by Crippen LogP contribution is -2.40. The lowest BCUT2D eigenvalue weighted by atomic mass is 9.54. The lowest BCUT2D eigenvalue weighted by Gasteiger charge is -2.51. The second kappa shape index (κ2) is 2.52. The van der Waals surface area contributed by atoms with E-state index in [1.165, 1.54) is 37.7 Å². The van der Waals surface area contributed by atoms with E-state index in [1.54, 1.807) is 0 Å². The molecule has 1 nitrogen and oxygen atoms in total. The van der Waals surface area contributed by atoms with Crippen molar-refractivity contribution in [1.82, 2.24) is 0 Å². The van der Waals surface area contributed by atoms with E-state index < -0.39 is 0 Å². The van der Waals surface area contributed by atoms with Crippen LogP contribution in [0.3, 0.4) is 0 Å². The SMILES string of the molecule is CC(O)=C1C2CC3CC(C2)CC1C3. The summed E-state index contributed by atoms with van der Waals surface area (Å²) in [5.41, 5.74) is 1.44. The Morgan fingerprint density at radius 3 is 1.85 bits per heavy atom. The summed E-state index contributed by atoms with van der Waals surface area (Å²) in [6.07, 6.45) is 6.99. The Bertz CT molecular complexity index is 230. The summed E-state index contributed by atoms with van der Waals surface area (Å²) in [4.78, 5) is 0. The molecule has 13 heavy (non-hydrogen) atoms. The van der Waals surface area contributed by atoms with Gasteiger partial charge in [0.25, 0.3) is 0 Å². The first-order valence-electron chi connectivity index (χ1n) is 5.63. The van der Waals surface area contributed by atoms with Gasteiger partial charge < -0.3 is 5.11 Å². The molecule has 0 radical (unpaired) electrons. The minimum absolute atomic E-state index is 0.647. The molecular weight excluding hydrogens is 160 g/mol. The van der Waals surface area contributed by atoms with Crippen molar-refractivity contribution >= 4 is 0 Å². The zero-order valence-electron chi connectivity index (χ0n) is 8.29. The van der Waals surface area contributed by atoms with Gasteiger partial charge in [0.2, 0.25) is 0 Å². The molecule has 4 aliphatic carbocycles. The highest BCUT2D eigenvalue weighted by Crippen LogP contribution is 2.56. The largest absolute Gasteiger partial charge is 0.513 e. The zero-order valence-corrected chi connectivity index (χ0v) is 8.29. The fraction of sp³-hybridized carbons (Fsp3) is 0.833. The van der Waals surface area contributed by atoms with Gasteiger partial charge in [-0.1, -0.05) is 0 Å². The molecule has 0 aliphatic heterocycles. The van der Waals surface area contributed by atoms with Crippen LogP contribution < -0.4 is 0 Å². The maximum Gasteiger partial charge on any atom is 0.0889 e. The highest BCUT2D eigenvalue weighted by Gasteiger charge is 2.45. The van der Waals surface area contributed by atoms with E-state index in [4.69, 9.17) is 0 Å². The first kappa shape index (κ1) is 7.90. The molecule has 1 N–H and O–H groups in total. The molecule has 4 bridgehead atoms. The van der Waals surface area contributed by atoms with Crippen molar-refractivity contribution in [3.8, 4) is 0 Å². The van der Waals surface area contributed by atoms with Crippen molar-refractivity contribution in [2.45, 2.75) is 39.0 Å². The van der Waals surface area contributed by atoms with Gasteiger partial charge >= 0.3 is 0 Å². The molecule has 4 aliphatic rings. The number of hydrogen-bond acceptors (Lipinski definition) is 1. The summed E-state index contributed by atoms with van der Waals surface area (Å²) in [7, 11) is 0. The van der Waals surface area contributed by atoms with E-state index in [1.807, 2.05) is 6.92 Å². The van der Waals surface area contributed by atoms with Crippen LogP contribution >= 0.6 is 0 Å². The van der Waals surface area contributed by atoms with Gasteiger partial charge in [0.05, 0.1) is 5.76 Å². The fourth-order valence-corrected chi connectivity index (χ4v) is 4.28. The Labute approximate surface area is 79.8 Å². The van der Waals surface area contributed by atoms with E-state index in [2.05, 4.69) is 0 Å². The number of hydrogen-bond donors (Lipinski definition) is 1. The van der Waals surface area contributed by atoms with Gasteiger partial charge in [-0.2, -0.15) is 0 Å². The second-order valence-electron chi connectivity index (χ2n) is 5.35. The van der Waals surface area contributed by atoms with Gasteiger partial charge in [-0.3, -0.25) is 0 Å². The molecule has 1 heteroatoms. The van der Waals surface area contributed by atoms with Crippen LogP contribution in [-0.4, -0.2) is 5.11 Å². The fourth-order valence-electron chi connectivity index (χ4n) is 4.28. The van der Waals surface area contributed by atoms with Gasteiger partial charge in [0.1, 0.15) is 0 Å². The number of allylic oxidation sites excluding steroid dienone is 2. The van der Waals surface area contributed by atoms with Crippen molar-refractivity contribution in [3.05, 3.63) is 11.3 Å². The van der Waals surface area contributed by atoms with Crippen LogP contribution in [-0.2, 0) is 0 Å². The van der Waals surface area contributed by atoms with Crippen LogP contribution in [0.5, 0.6) is 0 Å². The maximum atomic E-state index is 9.66. The highest BCUT2D eigenvalue weighted by molar-refractivity contribution is 5.21. The Kier molecular flexibility index (Phi) is 1.53. The average molecular weight is 178 g/mol. The minimum Gasteiger partial charge on any atom is -0.513 e. The highest BCUT2D eigenvalue weighted by atomic mass is 16.3. The predicted molar refractivity (Wildman–Crippen MR) is 52.4 cm³/mol. The predicted octanol–water partition coefficient (Wildman–Crippen LogP) is 3.27. The van der Waals surface area contributed by atoms with E-state index in [-0.39, 0.29) is 0 Å². The Balaban J connectivity index is 1.98. The van der Waals surface area contributed by atoms with Crippen molar-refractivity contribution in [2.24, 2.45) is 23.7 Å². The molecule has 4 fully saturated rings. The monoisotopic (exact) mass is 178 g/mol. The number of aliphatic hydroxyl groups excluding tert-OH is 1. The quantitative estimate of drug-likeness (QED) is 0.564. The van der Waals surface area contributed by atoms with E-state index >= 15 is 0 Å². The molecule has 0 aromatic rings. The molecule has 0 aromatic carbocycles. The molecule has 4 rings (SSSR count). The molecule has 0 aromatic heterocycles. The van der Waals surface area contributed by atoms with Crippen LogP contribution in [0.25, 0.3) is 0 Å². The summed E-state index contributed by atoms with van der Waals surface area (Å²) in [6, 6.07) is 0. The molecule has 0 atom stereocenters. The van der Waals surface area contributed by atoms with Crippen molar-refractivity contribution in [1.29, 1.82) is 0 Å². The first-order valence-corrected chi connectivity index (χ1v) is 5.63. The molecule has 0 saturated heterocycles. The van der Waals surface area contributed by atoms with Gasteiger partial charge in [0, 0.05) is 0 Å². The maximum absolute atomic E-state index is 9.66. The average Bonchev–Trinajstić information content (AvgIpc) is 2.00. The summed E-state index contributed by atoms with van der Waals surface area (Å²) in [5.74, 6) is 4.19. The van der Waals surface area contributed by atoms with E-state index in [0.717, 1.165) is 23.7 Å². The van der Waals surface area contributed by atoms with E-state index in [0.29, 0.717) is 5.76 Å². The molecule has 0 unspecified atom stereocenters. The smallest absolute Gasteiger partial charge is 0.0889 e. The minimum atomic E-state index is 0.647.